The van der Waals surface area contributed by atoms with Crippen molar-refractivity contribution in [2.24, 2.45) is 0 Å². The first-order valence-corrected chi connectivity index (χ1v) is 8.57. The highest BCUT2D eigenvalue weighted by atomic mass is 16.1. The van der Waals surface area contributed by atoms with Crippen LogP contribution in [0.1, 0.15) is 54.8 Å². The predicted molar refractivity (Wildman–Crippen MR) is 95.2 cm³/mol. The van der Waals surface area contributed by atoms with Crippen LogP contribution in [0.5, 0.6) is 0 Å². The Morgan fingerprint density at radius 2 is 1.87 bits per heavy atom. The number of nitrogens with one attached hydrogen (secondary N) is 1. The summed E-state index contributed by atoms with van der Waals surface area (Å²) in [6, 6.07) is 8.33. The first-order chi connectivity index (χ1) is 11.1. The van der Waals surface area contributed by atoms with Crippen molar-refractivity contribution in [1.82, 2.24) is 9.97 Å². The van der Waals surface area contributed by atoms with E-state index in [0.717, 1.165) is 27.5 Å². The van der Waals surface area contributed by atoms with E-state index in [4.69, 9.17) is 0 Å². The summed E-state index contributed by atoms with van der Waals surface area (Å²) in [5.74, 6) is 0.612. The molecule has 0 amide bonds. The van der Waals surface area contributed by atoms with Gasteiger partial charge in [-0.2, -0.15) is 0 Å². The van der Waals surface area contributed by atoms with E-state index in [0.29, 0.717) is 11.6 Å². The highest BCUT2D eigenvalue weighted by Crippen LogP contribution is 2.33. The average Bonchev–Trinajstić information content (AvgIpc) is 2.55. The molecule has 3 aromatic rings. The molecule has 118 valence electrons. The van der Waals surface area contributed by atoms with E-state index in [1.807, 2.05) is 19.9 Å². The van der Waals surface area contributed by atoms with Gasteiger partial charge in [0.15, 0.2) is 5.43 Å². The Labute approximate surface area is 135 Å². The molecule has 0 aliphatic heterocycles. The Morgan fingerprint density at radius 3 is 2.65 bits per heavy atom. The molecular weight excluding hydrogens is 284 g/mol. The number of aryl methyl sites for hydroxylation is 2. The summed E-state index contributed by atoms with van der Waals surface area (Å²) < 4.78 is 0. The minimum Gasteiger partial charge on any atom is -0.339 e. The van der Waals surface area contributed by atoms with Crippen molar-refractivity contribution in [3.05, 3.63) is 51.3 Å². The summed E-state index contributed by atoms with van der Waals surface area (Å²) in [5.41, 5.74) is 4.95. The van der Waals surface area contributed by atoms with Crippen LogP contribution < -0.4 is 5.43 Å². The molecule has 1 N–H and O–H groups in total. The fourth-order valence-electron chi connectivity index (χ4n) is 4.02. The minimum absolute atomic E-state index is 0.108. The fourth-order valence-corrected chi connectivity index (χ4v) is 4.02. The molecule has 1 aliphatic rings. The van der Waals surface area contributed by atoms with Crippen molar-refractivity contribution >= 4 is 21.9 Å². The molecule has 0 radical (unpaired) electrons. The van der Waals surface area contributed by atoms with Crippen LogP contribution in [0.3, 0.4) is 0 Å². The lowest BCUT2D eigenvalue weighted by Gasteiger charge is -2.22. The van der Waals surface area contributed by atoms with Gasteiger partial charge < -0.3 is 4.98 Å². The van der Waals surface area contributed by atoms with Gasteiger partial charge in [0.05, 0.1) is 10.9 Å². The number of nitrogens with zero attached hydrogens (tertiary/aromatic N) is 1. The third-order valence-electron chi connectivity index (χ3n) is 5.19. The Balaban J connectivity index is 1.95. The van der Waals surface area contributed by atoms with Crippen LogP contribution in [-0.4, -0.2) is 9.97 Å². The monoisotopic (exact) mass is 306 g/mol. The second-order valence-corrected chi connectivity index (χ2v) is 6.90. The smallest absolute Gasteiger partial charge is 0.199 e. The lowest BCUT2D eigenvalue weighted by molar-refractivity contribution is 0.444. The van der Waals surface area contributed by atoms with Gasteiger partial charge in [-0.1, -0.05) is 25.3 Å². The van der Waals surface area contributed by atoms with Crippen molar-refractivity contribution in [3.63, 3.8) is 0 Å². The number of hydrogen-bond acceptors (Lipinski definition) is 2. The zero-order valence-electron chi connectivity index (χ0n) is 13.8. The van der Waals surface area contributed by atoms with Crippen molar-refractivity contribution in [3.8, 4) is 0 Å². The lowest BCUT2D eigenvalue weighted by Crippen LogP contribution is -2.10. The zero-order chi connectivity index (χ0) is 16.0. The molecule has 0 atom stereocenters. The molecule has 2 aromatic heterocycles. The van der Waals surface area contributed by atoms with Gasteiger partial charge in [0, 0.05) is 11.1 Å². The number of H-pyrrole nitrogens is 1. The van der Waals surface area contributed by atoms with Gasteiger partial charge in [0.1, 0.15) is 5.65 Å². The van der Waals surface area contributed by atoms with Crippen LogP contribution in [0.25, 0.3) is 21.9 Å². The van der Waals surface area contributed by atoms with Crippen LogP contribution in [-0.2, 0) is 0 Å². The Kier molecular flexibility index (Phi) is 3.44. The quantitative estimate of drug-likeness (QED) is 0.660. The summed E-state index contributed by atoms with van der Waals surface area (Å²) in [5, 5.41) is 1.53. The van der Waals surface area contributed by atoms with E-state index >= 15 is 0 Å². The van der Waals surface area contributed by atoms with Gasteiger partial charge in [-0.15, -0.1) is 0 Å². The molecule has 3 nitrogen and oxygen atoms in total. The number of aromatic nitrogens is 2. The van der Waals surface area contributed by atoms with Crippen molar-refractivity contribution in [2.45, 2.75) is 51.9 Å². The molecule has 23 heavy (non-hydrogen) atoms. The van der Waals surface area contributed by atoms with Crippen LogP contribution in [0.15, 0.2) is 29.1 Å². The molecule has 1 aliphatic carbocycles. The Morgan fingerprint density at radius 1 is 1.09 bits per heavy atom. The average molecular weight is 306 g/mol. The Bertz CT molecular complexity index is 949. The van der Waals surface area contributed by atoms with E-state index < -0.39 is 0 Å². The molecule has 1 aromatic carbocycles. The van der Waals surface area contributed by atoms with Gasteiger partial charge in [-0.25, -0.2) is 4.98 Å². The second-order valence-electron chi connectivity index (χ2n) is 6.90. The molecule has 0 bridgehead atoms. The number of benzene rings is 1. The lowest BCUT2D eigenvalue weighted by atomic mass is 9.83. The van der Waals surface area contributed by atoms with Crippen LogP contribution >= 0.6 is 0 Å². The standard InChI is InChI=1S/C20H22N2O/c1-12-10-13(2)21-20-18(12)19(23)16-11-15(8-9-17(16)22-20)14-6-4-3-5-7-14/h8-11,14H,3-7H2,1-2H3,(H,21,22,23). The molecule has 0 saturated heterocycles. The zero-order valence-corrected chi connectivity index (χ0v) is 13.8. The van der Waals surface area contributed by atoms with E-state index in [2.05, 4.69) is 28.2 Å². The summed E-state index contributed by atoms with van der Waals surface area (Å²) >= 11 is 0. The van der Waals surface area contributed by atoms with Gasteiger partial charge in [-0.3, -0.25) is 4.79 Å². The van der Waals surface area contributed by atoms with Gasteiger partial charge >= 0.3 is 0 Å². The topological polar surface area (TPSA) is 45.8 Å². The van der Waals surface area contributed by atoms with Crippen LogP contribution in [0, 0.1) is 13.8 Å². The van der Waals surface area contributed by atoms with Crippen LogP contribution in [0.2, 0.25) is 0 Å². The molecule has 1 fully saturated rings. The molecule has 3 heteroatoms. The SMILES string of the molecule is Cc1cc(C)c2c(=O)c3cc(C4CCCCC4)ccc3[nH]c2n1. The number of hydrogen-bond donors (Lipinski definition) is 1. The maximum atomic E-state index is 13.0. The highest BCUT2D eigenvalue weighted by Gasteiger charge is 2.17. The first-order valence-electron chi connectivity index (χ1n) is 8.57. The maximum absolute atomic E-state index is 13.0. The van der Waals surface area contributed by atoms with Crippen LogP contribution in [0.4, 0.5) is 0 Å². The van der Waals surface area contributed by atoms with Crippen molar-refractivity contribution in [2.75, 3.05) is 0 Å². The second kappa shape index (κ2) is 5.48. The van der Waals surface area contributed by atoms with Crippen molar-refractivity contribution < 1.29 is 0 Å². The van der Waals surface area contributed by atoms with Gasteiger partial charge in [0.2, 0.25) is 0 Å². The van der Waals surface area contributed by atoms with E-state index in [9.17, 15) is 4.79 Å². The summed E-state index contributed by atoms with van der Waals surface area (Å²) in [6.07, 6.45) is 6.45. The third kappa shape index (κ3) is 2.44. The number of rotatable bonds is 1. The highest BCUT2D eigenvalue weighted by molar-refractivity contribution is 5.92. The normalized spacial score (nSPS) is 16.3. The number of aromatic amines is 1. The first kappa shape index (κ1) is 14.4. The maximum Gasteiger partial charge on any atom is 0.199 e. The summed E-state index contributed by atoms with van der Waals surface area (Å²) in [6.45, 7) is 3.95. The molecule has 1 saturated carbocycles. The molecule has 0 spiro atoms. The van der Waals surface area contributed by atoms with Crippen molar-refractivity contribution in [1.29, 1.82) is 0 Å². The Hall–Kier alpha value is -2.16. The summed E-state index contributed by atoms with van der Waals surface area (Å²) in [4.78, 5) is 20.9. The van der Waals surface area contributed by atoms with E-state index in [-0.39, 0.29) is 5.43 Å². The number of fused-ring (bicyclic) bond motifs is 2. The molecule has 2 heterocycles. The van der Waals surface area contributed by atoms with Gasteiger partial charge in [0.25, 0.3) is 0 Å². The predicted octanol–water partition coefficient (Wildman–Crippen LogP) is 4.74. The number of pyridine rings is 2. The fraction of sp³-hybridized carbons (Fsp3) is 0.400. The molecule has 0 unspecified atom stereocenters. The van der Waals surface area contributed by atoms with Gasteiger partial charge in [-0.05, 0) is 61.9 Å². The third-order valence-corrected chi connectivity index (χ3v) is 5.19. The molecule has 4 rings (SSSR count). The largest absolute Gasteiger partial charge is 0.339 e. The van der Waals surface area contributed by atoms with E-state index in [1.54, 1.807) is 0 Å². The summed E-state index contributed by atoms with van der Waals surface area (Å²) in [7, 11) is 0. The van der Waals surface area contributed by atoms with E-state index in [1.165, 1.54) is 37.7 Å². The molecular formula is C20H22N2O. The minimum atomic E-state index is 0.108.